The normalized spacial score (nSPS) is 18.5. The Bertz CT molecular complexity index is 458. The molecule has 0 spiro atoms. The first-order valence-corrected chi connectivity index (χ1v) is 5.63. The van der Waals surface area contributed by atoms with Crippen molar-refractivity contribution in [3.05, 3.63) is 34.1 Å². The van der Waals surface area contributed by atoms with Crippen LogP contribution in [0.15, 0.2) is 18.2 Å². The van der Waals surface area contributed by atoms with Gasteiger partial charge in [-0.3, -0.25) is 10.1 Å². The third-order valence-electron chi connectivity index (χ3n) is 3.61. The van der Waals surface area contributed by atoms with Crippen molar-refractivity contribution in [1.82, 2.24) is 0 Å². The molecule has 0 aliphatic heterocycles. The van der Waals surface area contributed by atoms with Crippen molar-refractivity contribution in [3.63, 3.8) is 0 Å². The van der Waals surface area contributed by atoms with Gasteiger partial charge in [0, 0.05) is 17.8 Å². The Morgan fingerprint density at radius 3 is 2.71 bits per heavy atom. The molecule has 0 heterocycles. The van der Waals surface area contributed by atoms with Gasteiger partial charge in [0.25, 0.3) is 0 Å². The molecule has 1 aliphatic rings. The molecule has 0 aromatic heterocycles. The highest BCUT2D eigenvalue weighted by Gasteiger charge is 2.42. The average molecular weight is 238 g/mol. The fourth-order valence-corrected chi connectivity index (χ4v) is 1.80. The van der Waals surface area contributed by atoms with Crippen LogP contribution in [-0.2, 0) is 0 Å². The predicted molar refractivity (Wildman–Crippen MR) is 63.5 cm³/mol. The number of benzene rings is 1. The first kappa shape index (κ1) is 11.8. The van der Waals surface area contributed by atoms with Gasteiger partial charge < -0.3 is 5.32 Å². The van der Waals surface area contributed by atoms with Crippen LogP contribution in [-0.4, -0.2) is 11.0 Å². The number of hydrogen-bond acceptors (Lipinski definition) is 3. The van der Waals surface area contributed by atoms with E-state index in [9.17, 15) is 14.5 Å². The molecular formula is C12H15FN2O2. The van der Waals surface area contributed by atoms with Gasteiger partial charge in [0.15, 0.2) is 0 Å². The van der Waals surface area contributed by atoms with Gasteiger partial charge in [0.2, 0.25) is 5.82 Å². The number of anilines is 1. The fourth-order valence-electron chi connectivity index (χ4n) is 1.80. The second-order valence-corrected chi connectivity index (χ2v) is 4.94. The standard InChI is InChI=1S/C12H15FN2O2/c1-8(12(2)5-6-12)14-9-3-4-10(13)11(7-9)15(16)17/h3-4,7-8,14H,5-6H2,1-2H3. The largest absolute Gasteiger partial charge is 0.382 e. The van der Waals surface area contributed by atoms with Crippen LogP contribution >= 0.6 is 0 Å². The molecule has 5 heteroatoms. The Balaban J connectivity index is 2.16. The smallest absolute Gasteiger partial charge is 0.306 e. The summed E-state index contributed by atoms with van der Waals surface area (Å²) < 4.78 is 13.1. The maximum Gasteiger partial charge on any atom is 0.306 e. The quantitative estimate of drug-likeness (QED) is 0.646. The van der Waals surface area contributed by atoms with Crippen LogP contribution in [0.25, 0.3) is 0 Å². The SMILES string of the molecule is CC(Nc1ccc(F)c([N+](=O)[O-])c1)C1(C)CC1. The number of hydrogen-bond donors (Lipinski definition) is 1. The summed E-state index contributed by atoms with van der Waals surface area (Å²) in [5, 5.41) is 13.8. The Morgan fingerprint density at radius 1 is 1.53 bits per heavy atom. The van der Waals surface area contributed by atoms with E-state index in [-0.39, 0.29) is 11.5 Å². The molecule has 1 unspecified atom stereocenters. The lowest BCUT2D eigenvalue weighted by Crippen LogP contribution is -2.24. The zero-order chi connectivity index (χ0) is 12.6. The molecule has 1 atom stereocenters. The zero-order valence-corrected chi connectivity index (χ0v) is 9.87. The third-order valence-corrected chi connectivity index (χ3v) is 3.61. The van der Waals surface area contributed by atoms with Gasteiger partial charge >= 0.3 is 5.69 Å². The Labute approximate surface area is 99.0 Å². The summed E-state index contributed by atoms with van der Waals surface area (Å²) in [4.78, 5) is 9.90. The van der Waals surface area contributed by atoms with E-state index in [0.717, 1.165) is 18.9 Å². The van der Waals surface area contributed by atoms with Gasteiger partial charge in [-0.1, -0.05) is 6.92 Å². The van der Waals surface area contributed by atoms with Crippen molar-refractivity contribution in [3.8, 4) is 0 Å². The molecular weight excluding hydrogens is 223 g/mol. The number of halogens is 1. The molecule has 1 saturated carbocycles. The fraction of sp³-hybridized carbons (Fsp3) is 0.500. The van der Waals surface area contributed by atoms with Crippen LogP contribution in [0.1, 0.15) is 26.7 Å². The van der Waals surface area contributed by atoms with Gasteiger partial charge in [0.1, 0.15) is 0 Å². The summed E-state index contributed by atoms with van der Waals surface area (Å²) >= 11 is 0. The molecule has 4 nitrogen and oxygen atoms in total. The number of nitro benzene ring substituents is 1. The Hall–Kier alpha value is -1.65. The Morgan fingerprint density at radius 2 is 2.18 bits per heavy atom. The van der Waals surface area contributed by atoms with Crippen LogP contribution in [0, 0.1) is 21.3 Å². The number of nitrogens with one attached hydrogen (secondary N) is 1. The van der Waals surface area contributed by atoms with E-state index < -0.39 is 16.4 Å². The van der Waals surface area contributed by atoms with Crippen LogP contribution < -0.4 is 5.32 Å². The van der Waals surface area contributed by atoms with Crippen molar-refractivity contribution in [2.24, 2.45) is 5.41 Å². The molecule has 1 aliphatic carbocycles. The van der Waals surface area contributed by atoms with Crippen molar-refractivity contribution in [2.45, 2.75) is 32.7 Å². The first-order valence-electron chi connectivity index (χ1n) is 5.63. The van der Waals surface area contributed by atoms with E-state index in [1.165, 1.54) is 12.1 Å². The topological polar surface area (TPSA) is 55.2 Å². The highest BCUT2D eigenvalue weighted by atomic mass is 19.1. The molecule has 1 N–H and O–H groups in total. The number of rotatable bonds is 4. The van der Waals surface area contributed by atoms with Crippen molar-refractivity contribution in [2.75, 3.05) is 5.32 Å². The summed E-state index contributed by atoms with van der Waals surface area (Å²) in [6.07, 6.45) is 2.31. The second-order valence-electron chi connectivity index (χ2n) is 4.94. The minimum absolute atomic E-state index is 0.229. The molecule has 0 saturated heterocycles. The minimum Gasteiger partial charge on any atom is -0.382 e. The molecule has 92 valence electrons. The summed E-state index contributed by atoms with van der Waals surface area (Å²) in [5.74, 6) is -0.800. The lowest BCUT2D eigenvalue weighted by atomic mass is 10.0. The molecule has 1 aromatic carbocycles. The molecule has 17 heavy (non-hydrogen) atoms. The van der Waals surface area contributed by atoms with Gasteiger partial charge in [0.05, 0.1) is 4.92 Å². The van der Waals surface area contributed by atoms with E-state index >= 15 is 0 Å². The highest BCUT2D eigenvalue weighted by molar-refractivity contribution is 5.52. The molecule has 0 bridgehead atoms. The minimum atomic E-state index is -0.800. The van der Waals surface area contributed by atoms with E-state index in [0.29, 0.717) is 5.69 Å². The van der Waals surface area contributed by atoms with Crippen LogP contribution in [0.4, 0.5) is 15.8 Å². The van der Waals surface area contributed by atoms with Gasteiger partial charge in [-0.2, -0.15) is 4.39 Å². The van der Waals surface area contributed by atoms with Crippen molar-refractivity contribution >= 4 is 11.4 Å². The summed E-state index contributed by atoms with van der Waals surface area (Å²) in [6, 6.07) is 4.14. The van der Waals surface area contributed by atoms with Crippen molar-refractivity contribution < 1.29 is 9.31 Å². The monoisotopic (exact) mass is 238 g/mol. The number of nitrogens with zero attached hydrogens (tertiary/aromatic N) is 1. The van der Waals surface area contributed by atoms with E-state index in [1.54, 1.807) is 0 Å². The molecule has 1 aromatic rings. The van der Waals surface area contributed by atoms with Gasteiger partial charge in [-0.05, 0) is 37.3 Å². The van der Waals surface area contributed by atoms with Crippen molar-refractivity contribution in [1.29, 1.82) is 0 Å². The molecule has 1 fully saturated rings. The van der Waals surface area contributed by atoms with Gasteiger partial charge in [-0.25, -0.2) is 0 Å². The van der Waals surface area contributed by atoms with E-state index in [2.05, 4.69) is 12.2 Å². The lowest BCUT2D eigenvalue weighted by molar-refractivity contribution is -0.387. The average Bonchev–Trinajstić information content (AvgIpc) is 3.00. The summed E-state index contributed by atoms with van der Waals surface area (Å²) in [7, 11) is 0. The maximum absolute atomic E-state index is 13.1. The summed E-state index contributed by atoms with van der Waals surface area (Å²) in [5.41, 5.74) is 0.380. The second kappa shape index (κ2) is 3.98. The first-order chi connectivity index (χ1) is 7.92. The third kappa shape index (κ3) is 2.38. The van der Waals surface area contributed by atoms with E-state index in [4.69, 9.17) is 0 Å². The lowest BCUT2D eigenvalue weighted by Gasteiger charge is -2.21. The van der Waals surface area contributed by atoms with Crippen LogP contribution in [0.3, 0.4) is 0 Å². The highest BCUT2D eigenvalue weighted by Crippen LogP contribution is 2.48. The Kier molecular flexibility index (Phi) is 2.77. The van der Waals surface area contributed by atoms with Crippen LogP contribution in [0.2, 0.25) is 0 Å². The molecule has 0 amide bonds. The zero-order valence-electron chi connectivity index (χ0n) is 9.87. The summed E-state index contributed by atoms with van der Waals surface area (Å²) in [6.45, 7) is 4.21. The molecule has 2 rings (SSSR count). The predicted octanol–water partition coefficient (Wildman–Crippen LogP) is 3.33. The van der Waals surface area contributed by atoms with E-state index in [1.807, 2.05) is 6.92 Å². The van der Waals surface area contributed by atoms with Gasteiger partial charge in [-0.15, -0.1) is 0 Å². The molecule has 0 radical (unpaired) electrons. The maximum atomic E-state index is 13.1. The number of nitro groups is 1. The van der Waals surface area contributed by atoms with Crippen LogP contribution in [0.5, 0.6) is 0 Å².